The molecule has 0 spiro atoms. The maximum atomic E-state index is 6.02. The van der Waals surface area contributed by atoms with Gasteiger partial charge in [-0.25, -0.2) is 0 Å². The fourth-order valence-electron chi connectivity index (χ4n) is 2.08. The Hall–Kier alpha value is -1.20. The van der Waals surface area contributed by atoms with Gasteiger partial charge in [-0.2, -0.15) is 0 Å². The van der Waals surface area contributed by atoms with E-state index < -0.39 is 0 Å². The molecule has 5 nitrogen and oxygen atoms in total. The number of aliphatic imine (C=N–C) groups is 1. The summed E-state index contributed by atoms with van der Waals surface area (Å²) < 4.78 is 7.63. The molecule has 0 saturated carbocycles. The highest BCUT2D eigenvalue weighted by Crippen LogP contribution is 2.14. The van der Waals surface area contributed by atoms with Gasteiger partial charge in [-0.3, -0.25) is 4.99 Å². The van der Waals surface area contributed by atoms with Gasteiger partial charge in [0.05, 0.1) is 18.2 Å². The number of nitrogens with one attached hydrogen (secondary N) is 1. The van der Waals surface area contributed by atoms with Crippen LogP contribution in [0.15, 0.2) is 17.3 Å². The maximum absolute atomic E-state index is 6.02. The summed E-state index contributed by atoms with van der Waals surface area (Å²) in [6.07, 6.45) is 3.01. The average molecular weight is 329 g/mol. The third kappa shape index (κ3) is 6.71. The molecule has 0 saturated heterocycles. The highest BCUT2D eigenvalue weighted by molar-refractivity contribution is 6.30. The minimum atomic E-state index is 0.684. The maximum Gasteiger partial charge on any atom is 0.193 e. The monoisotopic (exact) mass is 328 g/mol. The smallest absolute Gasteiger partial charge is 0.193 e. The zero-order valence-corrected chi connectivity index (χ0v) is 15.2. The van der Waals surface area contributed by atoms with Crippen molar-refractivity contribution in [3.8, 4) is 0 Å². The van der Waals surface area contributed by atoms with Crippen LogP contribution in [0, 0.1) is 5.92 Å². The summed E-state index contributed by atoms with van der Waals surface area (Å²) in [7, 11) is 5.79. The number of halogens is 1. The fraction of sp³-hybridized carbons (Fsp3) is 0.688. The van der Waals surface area contributed by atoms with Crippen LogP contribution in [-0.2, 0) is 18.3 Å². The van der Waals surface area contributed by atoms with E-state index in [9.17, 15) is 0 Å². The molecule has 6 heteroatoms. The third-order valence-corrected chi connectivity index (χ3v) is 3.62. The Kier molecular flexibility index (Phi) is 8.35. The molecule has 1 N–H and O–H groups in total. The Morgan fingerprint density at radius 3 is 2.73 bits per heavy atom. The topological polar surface area (TPSA) is 41.8 Å². The van der Waals surface area contributed by atoms with Gasteiger partial charge in [0, 0.05) is 46.2 Å². The van der Waals surface area contributed by atoms with Gasteiger partial charge in [-0.05, 0) is 18.4 Å². The van der Waals surface area contributed by atoms with Gasteiger partial charge in [0.25, 0.3) is 0 Å². The molecule has 126 valence electrons. The molecule has 0 fully saturated rings. The number of hydrogen-bond donors (Lipinski definition) is 1. The number of guanidine groups is 1. The van der Waals surface area contributed by atoms with Crippen molar-refractivity contribution in [1.82, 2.24) is 14.8 Å². The van der Waals surface area contributed by atoms with E-state index >= 15 is 0 Å². The lowest BCUT2D eigenvalue weighted by atomic mass is 10.1. The molecule has 0 atom stereocenters. The predicted molar refractivity (Wildman–Crippen MR) is 93.5 cm³/mol. The molecule has 1 rings (SSSR count). The lowest BCUT2D eigenvalue weighted by Gasteiger charge is -2.22. The second-order valence-corrected chi connectivity index (χ2v) is 6.32. The Morgan fingerprint density at radius 1 is 1.45 bits per heavy atom. The summed E-state index contributed by atoms with van der Waals surface area (Å²) in [6.45, 7) is 7.41. The minimum absolute atomic E-state index is 0.684. The molecular weight excluding hydrogens is 300 g/mol. The first-order valence-corrected chi connectivity index (χ1v) is 8.12. The van der Waals surface area contributed by atoms with Gasteiger partial charge in [0.15, 0.2) is 5.96 Å². The van der Waals surface area contributed by atoms with E-state index in [1.54, 1.807) is 7.05 Å². The number of nitrogens with zero attached hydrogens (tertiary/aromatic N) is 3. The van der Waals surface area contributed by atoms with E-state index in [2.05, 4.69) is 29.1 Å². The van der Waals surface area contributed by atoms with Gasteiger partial charge < -0.3 is 19.5 Å². The van der Waals surface area contributed by atoms with Gasteiger partial charge in [-0.1, -0.05) is 25.4 Å². The van der Waals surface area contributed by atoms with Crippen LogP contribution in [0.4, 0.5) is 0 Å². The van der Waals surface area contributed by atoms with E-state index in [1.165, 1.54) is 0 Å². The highest BCUT2D eigenvalue weighted by atomic mass is 35.5. The van der Waals surface area contributed by atoms with Crippen LogP contribution < -0.4 is 5.32 Å². The zero-order chi connectivity index (χ0) is 16.5. The second-order valence-electron chi connectivity index (χ2n) is 5.89. The molecule has 0 aliphatic carbocycles. The molecule has 0 radical (unpaired) electrons. The largest absolute Gasteiger partial charge is 0.380 e. The van der Waals surface area contributed by atoms with Crippen LogP contribution >= 0.6 is 11.6 Å². The summed E-state index contributed by atoms with van der Waals surface area (Å²) in [6, 6.07) is 1.97. The molecule has 0 unspecified atom stereocenters. The van der Waals surface area contributed by atoms with E-state index in [-0.39, 0.29) is 0 Å². The Balaban J connectivity index is 2.33. The van der Waals surface area contributed by atoms with Crippen LogP contribution in [0.25, 0.3) is 0 Å². The number of hydrogen-bond acceptors (Lipinski definition) is 2. The van der Waals surface area contributed by atoms with Crippen molar-refractivity contribution in [2.24, 2.45) is 18.0 Å². The standard InChI is InChI=1S/C16H29ClN4O/c1-13(2)6-8-22-9-7-19-16(18-3)21(5)12-15-10-14(17)11-20(15)4/h10-11,13H,6-9,12H2,1-5H3,(H,18,19). The van der Waals surface area contributed by atoms with Crippen molar-refractivity contribution >= 4 is 17.6 Å². The lowest BCUT2D eigenvalue weighted by Crippen LogP contribution is -2.40. The Labute approximate surface area is 139 Å². The van der Waals surface area contributed by atoms with Crippen LogP contribution in [0.2, 0.25) is 5.02 Å². The molecule has 0 aromatic carbocycles. The quantitative estimate of drug-likeness (QED) is 0.453. The van der Waals surface area contributed by atoms with E-state index in [0.29, 0.717) is 12.5 Å². The average Bonchev–Trinajstić information content (AvgIpc) is 2.75. The molecule has 1 aromatic heterocycles. The van der Waals surface area contributed by atoms with Gasteiger partial charge in [0.2, 0.25) is 0 Å². The van der Waals surface area contributed by atoms with Gasteiger partial charge >= 0.3 is 0 Å². The molecular formula is C16H29ClN4O. The first kappa shape index (κ1) is 18.8. The van der Waals surface area contributed by atoms with Crippen LogP contribution in [0.1, 0.15) is 26.0 Å². The second kappa shape index (κ2) is 9.74. The molecule has 1 heterocycles. The first-order valence-electron chi connectivity index (χ1n) is 7.74. The van der Waals surface area contributed by atoms with Crippen molar-refractivity contribution in [2.45, 2.75) is 26.8 Å². The summed E-state index contributed by atoms with van der Waals surface area (Å²) in [4.78, 5) is 6.37. The van der Waals surface area contributed by atoms with Crippen LogP contribution in [0.5, 0.6) is 0 Å². The molecule has 22 heavy (non-hydrogen) atoms. The zero-order valence-electron chi connectivity index (χ0n) is 14.4. The molecule has 0 aliphatic rings. The SMILES string of the molecule is CN=C(NCCOCCC(C)C)N(C)Cc1cc(Cl)cn1C. The third-order valence-electron chi connectivity index (χ3n) is 3.42. The molecule has 1 aromatic rings. The van der Waals surface area contributed by atoms with Gasteiger partial charge in [0.1, 0.15) is 0 Å². The number of aryl methyl sites for hydroxylation is 1. The molecule has 0 amide bonds. The number of aromatic nitrogens is 1. The van der Waals surface area contributed by atoms with Crippen molar-refractivity contribution in [3.05, 3.63) is 23.0 Å². The normalized spacial score (nSPS) is 12.0. The van der Waals surface area contributed by atoms with E-state index in [0.717, 1.165) is 42.8 Å². The van der Waals surface area contributed by atoms with Crippen molar-refractivity contribution < 1.29 is 4.74 Å². The van der Waals surface area contributed by atoms with Crippen LogP contribution in [-0.4, -0.2) is 49.3 Å². The van der Waals surface area contributed by atoms with E-state index in [1.807, 2.05) is 30.9 Å². The Bertz CT molecular complexity index is 471. The Morgan fingerprint density at radius 2 is 2.18 bits per heavy atom. The molecule has 0 aliphatic heterocycles. The summed E-state index contributed by atoms with van der Waals surface area (Å²) >= 11 is 6.02. The lowest BCUT2D eigenvalue weighted by molar-refractivity contribution is 0.127. The van der Waals surface area contributed by atoms with Crippen molar-refractivity contribution in [1.29, 1.82) is 0 Å². The summed E-state index contributed by atoms with van der Waals surface area (Å²) in [5.74, 6) is 1.54. The molecule has 0 bridgehead atoms. The number of ether oxygens (including phenoxy) is 1. The fourth-order valence-corrected chi connectivity index (χ4v) is 2.35. The minimum Gasteiger partial charge on any atom is -0.380 e. The van der Waals surface area contributed by atoms with Crippen LogP contribution in [0.3, 0.4) is 0 Å². The van der Waals surface area contributed by atoms with Gasteiger partial charge in [-0.15, -0.1) is 0 Å². The summed E-state index contributed by atoms with van der Waals surface area (Å²) in [5.41, 5.74) is 1.14. The van der Waals surface area contributed by atoms with E-state index in [4.69, 9.17) is 16.3 Å². The first-order chi connectivity index (χ1) is 10.4. The highest BCUT2D eigenvalue weighted by Gasteiger charge is 2.09. The summed E-state index contributed by atoms with van der Waals surface area (Å²) in [5, 5.41) is 4.07. The number of rotatable bonds is 8. The van der Waals surface area contributed by atoms with Crippen molar-refractivity contribution in [3.63, 3.8) is 0 Å². The predicted octanol–water partition coefficient (Wildman–Crippen LogP) is 2.75. The van der Waals surface area contributed by atoms with Crippen molar-refractivity contribution in [2.75, 3.05) is 33.9 Å².